The fourth-order valence-corrected chi connectivity index (χ4v) is 8.64. The van der Waals surface area contributed by atoms with E-state index in [2.05, 4.69) is 6.58 Å². The number of carbonyl (C=O) groups excluding carboxylic acids is 2. The molecule has 0 unspecified atom stereocenters. The van der Waals surface area contributed by atoms with Crippen LogP contribution in [0.5, 0.6) is 0 Å². The van der Waals surface area contributed by atoms with Crippen LogP contribution in [0.2, 0.25) is 0 Å². The van der Waals surface area contributed by atoms with Crippen molar-refractivity contribution in [2.45, 2.75) is 80.4 Å². The highest BCUT2D eigenvalue weighted by Crippen LogP contribution is 2.68. The normalized spacial score (nSPS) is 43.9. The summed E-state index contributed by atoms with van der Waals surface area (Å²) >= 11 is 0. The van der Waals surface area contributed by atoms with Crippen molar-refractivity contribution < 1.29 is 49.3 Å². The van der Waals surface area contributed by atoms with Crippen molar-refractivity contribution >= 4 is 11.9 Å². The van der Waals surface area contributed by atoms with Gasteiger partial charge in [0.15, 0.2) is 5.60 Å². The predicted octanol–water partition coefficient (Wildman–Crippen LogP) is 2.02. The van der Waals surface area contributed by atoms with E-state index in [1.54, 1.807) is 69.3 Å². The van der Waals surface area contributed by atoms with Crippen LogP contribution in [-0.2, 0) is 14.2 Å². The van der Waals surface area contributed by atoms with Crippen LogP contribution in [0.4, 0.5) is 0 Å². The Bertz CT molecular complexity index is 1450. The molecule has 236 valence electrons. The fraction of sp³-hybridized carbons (Fsp3) is 0.529. The summed E-state index contributed by atoms with van der Waals surface area (Å²) < 4.78 is 18.1. The first kappa shape index (κ1) is 30.9. The van der Waals surface area contributed by atoms with E-state index in [9.17, 15) is 35.1 Å². The topological polar surface area (TPSA) is 163 Å². The van der Waals surface area contributed by atoms with Crippen molar-refractivity contribution in [2.24, 2.45) is 23.7 Å². The molecule has 44 heavy (non-hydrogen) atoms. The van der Waals surface area contributed by atoms with Crippen LogP contribution in [0.3, 0.4) is 0 Å². The molecule has 2 aliphatic carbocycles. The third-order valence-corrected chi connectivity index (χ3v) is 10.9. The fourth-order valence-electron chi connectivity index (χ4n) is 8.64. The third kappa shape index (κ3) is 4.08. The molecule has 1 spiro atoms. The number of benzene rings is 2. The van der Waals surface area contributed by atoms with Gasteiger partial charge in [-0.25, -0.2) is 9.59 Å². The van der Waals surface area contributed by atoms with Crippen molar-refractivity contribution in [2.75, 3.05) is 6.61 Å². The maximum absolute atomic E-state index is 13.5. The highest BCUT2D eigenvalue weighted by molar-refractivity contribution is 5.90. The van der Waals surface area contributed by atoms with Crippen LogP contribution in [-0.4, -0.2) is 90.9 Å². The second-order valence-corrected chi connectivity index (χ2v) is 13.4. The van der Waals surface area contributed by atoms with E-state index in [1.165, 1.54) is 12.1 Å². The molecule has 2 saturated heterocycles. The zero-order valence-corrected chi connectivity index (χ0v) is 25.0. The van der Waals surface area contributed by atoms with Gasteiger partial charge in [-0.2, -0.15) is 0 Å². The molecular weight excluding hydrogens is 568 g/mol. The molecule has 10 heteroatoms. The number of rotatable bonds is 6. The molecule has 4 aliphatic rings. The van der Waals surface area contributed by atoms with Crippen molar-refractivity contribution in [3.8, 4) is 0 Å². The first-order valence-corrected chi connectivity index (χ1v) is 15.1. The summed E-state index contributed by atoms with van der Waals surface area (Å²) in [5.41, 5.74) is -7.15. The Balaban J connectivity index is 1.48. The largest absolute Gasteiger partial charge is 0.459 e. The van der Waals surface area contributed by atoms with Crippen LogP contribution < -0.4 is 0 Å². The van der Waals surface area contributed by atoms with Crippen LogP contribution in [0, 0.1) is 23.7 Å². The molecule has 12 atom stereocenters. The smallest absolute Gasteiger partial charge is 0.338 e. The number of aliphatic hydroxyl groups is 5. The Morgan fingerprint density at radius 1 is 0.955 bits per heavy atom. The number of hydrogen-bond donors (Lipinski definition) is 5. The van der Waals surface area contributed by atoms with E-state index < -0.39 is 89.0 Å². The van der Waals surface area contributed by atoms with Crippen molar-refractivity contribution in [3.05, 3.63) is 83.9 Å². The van der Waals surface area contributed by atoms with Gasteiger partial charge in [-0.1, -0.05) is 56.8 Å². The molecule has 2 bridgehead atoms. The molecule has 2 aromatic carbocycles. The molecule has 2 aliphatic heterocycles. The minimum atomic E-state index is -2.37. The Labute approximate surface area is 255 Å². The van der Waals surface area contributed by atoms with Gasteiger partial charge in [0.1, 0.15) is 36.1 Å². The standard InChI is InChI=1S/C34H40O10/c1-18(2)31(39)16-20(4)33(41)23-15-19(3)25(35)34(23)30(38)32(40,17-42-28(36)21-11-7-5-8-12-21)27(44-34)24(33)26(31)43-29(37)22-13-9-6-10-14-22/h5-14,19-20,23-27,30,35,38-41H,1,15-17H2,2-4H3/t19-,20+,23-,24+,25-,26+,27-,30+,31+,32+,33-,34-/m0/s1. The van der Waals surface area contributed by atoms with E-state index in [-0.39, 0.29) is 29.5 Å². The summed E-state index contributed by atoms with van der Waals surface area (Å²) in [6, 6.07) is 16.3. The summed E-state index contributed by atoms with van der Waals surface area (Å²) in [5, 5.41) is 60.9. The second kappa shape index (κ2) is 10.5. The number of carbonyl (C=O) groups is 2. The average Bonchev–Trinajstić information content (AvgIpc) is 3.39. The monoisotopic (exact) mass is 608 g/mol. The van der Waals surface area contributed by atoms with Crippen LogP contribution >= 0.6 is 0 Å². The van der Waals surface area contributed by atoms with Crippen LogP contribution in [0.25, 0.3) is 0 Å². The maximum atomic E-state index is 13.5. The first-order valence-electron chi connectivity index (χ1n) is 15.1. The van der Waals surface area contributed by atoms with Crippen LogP contribution in [0.15, 0.2) is 72.8 Å². The van der Waals surface area contributed by atoms with Gasteiger partial charge in [0.2, 0.25) is 0 Å². The van der Waals surface area contributed by atoms with Gasteiger partial charge in [-0.05, 0) is 61.4 Å². The number of hydrogen-bond acceptors (Lipinski definition) is 10. The number of ether oxygens (including phenoxy) is 3. The van der Waals surface area contributed by atoms with Crippen molar-refractivity contribution in [1.82, 2.24) is 0 Å². The van der Waals surface area contributed by atoms with Gasteiger partial charge in [0.05, 0.1) is 28.7 Å². The van der Waals surface area contributed by atoms with E-state index in [4.69, 9.17) is 14.2 Å². The quantitative estimate of drug-likeness (QED) is 0.242. The summed E-state index contributed by atoms with van der Waals surface area (Å²) in [7, 11) is 0. The van der Waals surface area contributed by atoms with Crippen molar-refractivity contribution in [3.63, 3.8) is 0 Å². The lowest BCUT2D eigenvalue weighted by Crippen LogP contribution is -2.75. The molecule has 4 fully saturated rings. The minimum Gasteiger partial charge on any atom is -0.459 e. The highest BCUT2D eigenvalue weighted by Gasteiger charge is 2.84. The molecule has 2 heterocycles. The lowest BCUT2D eigenvalue weighted by molar-refractivity contribution is -0.324. The highest BCUT2D eigenvalue weighted by atomic mass is 16.6. The molecular formula is C34H40O10. The SMILES string of the molecule is C=C(C)[C@]1(O)C[C@@H](C)[C@@]2(O)[C@H]([C@H]1OC(=O)c1ccccc1)[C@@H]1O[C@]3([C@H](O)[C@@]1(O)COC(=O)c1ccccc1)[C@@H](O)[C@@H](C)C[C@@H]23. The second-order valence-electron chi connectivity index (χ2n) is 13.4. The summed E-state index contributed by atoms with van der Waals surface area (Å²) in [5.74, 6) is -4.94. The van der Waals surface area contributed by atoms with E-state index >= 15 is 0 Å². The lowest BCUT2D eigenvalue weighted by atomic mass is 9.52. The first-order chi connectivity index (χ1) is 20.7. The van der Waals surface area contributed by atoms with Gasteiger partial charge in [0.25, 0.3) is 0 Å². The van der Waals surface area contributed by atoms with E-state index in [1.807, 2.05) is 0 Å². The minimum absolute atomic E-state index is 0.0522. The summed E-state index contributed by atoms with van der Waals surface area (Å²) in [4.78, 5) is 26.5. The molecule has 2 aromatic rings. The molecule has 0 aromatic heterocycles. The average molecular weight is 609 g/mol. The van der Waals surface area contributed by atoms with Gasteiger partial charge in [0, 0.05) is 5.92 Å². The molecule has 2 saturated carbocycles. The number of fused-ring (bicyclic) bond motifs is 4. The Kier molecular flexibility index (Phi) is 7.35. The zero-order chi connectivity index (χ0) is 31.8. The lowest BCUT2D eigenvalue weighted by Gasteiger charge is -2.62. The Morgan fingerprint density at radius 2 is 1.52 bits per heavy atom. The molecule has 5 N–H and O–H groups in total. The number of esters is 2. The molecule has 10 nitrogen and oxygen atoms in total. The number of aliphatic hydroxyl groups excluding tert-OH is 2. The maximum Gasteiger partial charge on any atom is 0.338 e. The van der Waals surface area contributed by atoms with Crippen molar-refractivity contribution in [1.29, 1.82) is 0 Å². The zero-order valence-electron chi connectivity index (χ0n) is 25.0. The van der Waals surface area contributed by atoms with Gasteiger partial charge >= 0.3 is 11.9 Å². The van der Waals surface area contributed by atoms with E-state index in [0.29, 0.717) is 0 Å². The van der Waals surface area contributed by atoms with E-state index in [0.717, 1.165) is 0 Å². The molecule has 6 rings (SSSR count). The summed E-state index contributed by atoms with van der Waals surface area (Å²) in [6.07, 6.45) is -5.96. The molecule has 0 radical (unpaired) electrons. The Hall–Kier alpha value is -3.12. The molecule has 0 amide bonds. The van der Waals surface area contributed by atoms with Gasteiger partial charge in [-0.3, -0.25) is 0 Å². The third-order valence-electron chi connectivity index (χ3n) is 10.9. The van der Waals surface area contributed by atoms with Gasteiger partial charge < -0.3 is 39.7 Å². The summed E-state index contributed by atoms with van der Waals surface area (Å²) in [6.45, 7) is 8.32. The van der Waals surface area contributed by atoms with Gasteiger partial charge in [-0.15, -0.1) is 0 Å². The Morgan fingerprint density at radius 3 is 2.09 bits per heavy atom. The van der Waals surface area contributed by atoms with Crippen LogP contribution in [0.1, 0.15) is 54.3 Å². The predicted molar refractivity (Wildman–Crippen MR) is 156 cm³/mol.